The average Bonchev–Trinajstić information content (AvgIpc) is 2.03. The molecule has 0 heterocycles. The van der Waals surface area contributed by atoms with Gasteiger partial charge in [-0.25, -0.2) is 0 Å². The molecule has 0 aliphatic carbocycles. The van der Waals surface area contributed by atoms with Crippen LogP contribution in [0, 0.1) is 5.92 Å². The van der Waals surface area contributed by atoms with E-state index in [1.165, 1.54) is 12.8 Å². The Labute approximate surface area is 69.9 Å². The molecular formula is C9H20O2. The molecular weight excluding hydrogens is 140 g/mol. The molecule has 0 saturated carbocycles. The lowest BCUT2D eigenvalue weighted by atomic mass is 10.0. The first kappa shape index (κ1) is 10.9. The van der Waals surface area contributed by atoms with Gasteiger partial charge in [0.1, 0.15) is 0 Å². The van der Waals surface area contributed by atoms with Crippen LogP contribution in [0.3, 0.4) is 0 Å². The maximum Gasteiger partial charge on any atom is 0.0490 e. The predicted molar refractivity (Wildman–Crippen MR) is 46.8 cm³/mol. The lowest BCUT2D eigenvalue weighted by Crippen LogP contribution is -2.07. The minimum absolute atomic E-state index is 0.718. The summed E-state index contributed by atoms with van der Waals surface area (Å²) in [5.41, 5.74) is 0. The van der Waals surface area contributed by atoms with Crippen molar-refractivity contribution in [1.29, 1.82) is 0 Å². The lowest BCUT2D eigenvalue weighted by molar-refractivity contribution is 0.132. The van der Waals surface area contributed by atoms with Gasteiger partial charge in [0.25, 0.3) is 0 Å². The van der Waals surface area contributed by atoms with Crippen LogP contribution in [0.2, 0.25) is 0 Å². The summed E-state index contributed by atoms with van der Waals surface area (Å²) < 4.78 is 10.1. The van der Waals surface area contributed by atoms with Crippen LogP contribution in [0.25, 0.3) is 0 Å². The van der Waals surface area contributed by atoms with Gasteiger partial charge in [-0.1, -0.05) is 13.3 Å². The molecule has 0 rings (SSSR count). The number of hydrogen-bond donors (Lipinski definition) is 0. The smallest absolute Gasteiger partial charge is 0.0490 e. The van der Waals surface area contributed by atoms with Gasteiger partial charge in [-0.2, -0.15) is 0 Å². The molecule has 0 spiro atoms. The van der Waals surface area contributed by atoms with E-state index in [1.54, 1.807) is 14.2 Å². The fraction of sp³-hybridized carbons (Fsp3) is 1.00. The molecule has 1 atom stereocenters. The second-order valence-corrected chi connectivity index (χ2v) is 2.86. The summed E-state index contributed by atoms with van der Waals surface area (Å²) in [6.07, 6.45) is 3.58. The van der Waals surface area contributed by atoms with Crippen LogP contribution >= 0.6 is 0 Å². The van der Waals surface area contributed by atoms with Crippen LogP contribution in [0.5, 0.6) is 0 Å². The van der Waals surface area contributed by atoms with Gasteiger partial charge in [0.2, 0.25) is 0 Å². The molecule has 0 aliphatic heterocycles. The van der Waals surface area contributed by atoms with E-state index >= 15 is 0 Å². The zero-order chi connectivity index (χ0) is 8.53. The van der Waals surface area contributed by atoms with Crippen LogP contribution in [-0.4, -0.2) is 27.4 Å². The zero-order valence-corrected chi connectivity index (χ0v) is 7.93. The van der Waals surface area contributed by atoms with E-state index in [4.69, 9.17) is 9.47 Å². The molecule has 0 aromatic carbocycles. The van der Waals surface area contributed by atoms with Crippen LogP contribution in [0.4, 0.5) is 0 Å². The molecule has 0 amide bonds. The molecule has 2 heteroatoms. The van der Waals surface area contributed by atoms with E-state index in [-0.39, 0.29) is 0 Å². The minimum Gasteiger partial charge on any atom is -0.385 e. The fourth-order valence-corrected chi connectivity index (χ4v) is 1.16. The lowest BCUT2D eigenvalue weighted by Gasteiger charge is -2.12. The minimum atomic E-state index is 0.718. The highest BCUT2D eigenvalue weighted by molar-refractivity contribution is 4.55. The third-order valence-corrected chi connectivity index (χ3v) is 1.94. The summed E-state index contributed by atoms with van der Waals surface area (Å²) in [6, 6.07) is 0. The van der Waals surface area contributed by atoms with Crippen molar-refractivity contribution in [2.24, 2.45) is 5.92 Å². The van der Waals surface area contributed by atoms with Crippen molar-refractivity contribution in [3.8, 4) is 0 Å². The highest BCUT2D eigenvalue weighted by Gasteiger charge is 2.04. The monoisotopic (exact) mass is 160 g/mol. The summed E-state index contributed by atoms with van der Waals surface area (Å²) in [7, 11) is 3.51. The Morgan fingerprint density at radius 1 is 1.18 bits per heavy atom. The Balaban J connectivity index is 3.20. The third kappa shape index (κ3) is 6.32. The van der Waals surface area contributed by atoms with Crippen LogP contribution in [0.1, 0.15) is 26.2 Å². The van der Waals surface area contributed by atoms with E-state index in [0.717, 1.165) is 25.6 Å². The molecule has 2 nitrogen and oxygen atoms in total. The summed E-state index contributed by atoms with van der Waals surface area (Å²) in [6.45, 7) is 3.97. The molecule has 0 saturated heterocycles. The standard InChI is InChI=1S/C9H20O2/c1-4-9(8-11-3)6-5-7-10-2/h9H,4-8H2,1-3H3. The van der Waals surface area contributed by atoms with Crippen molar-refractivity contribution in [1.82, 2.24) is 0 Å². The van der Waals surface area contributed by atoms with Crippen LogP contribution in [-0.2, 0) is 9.47 Å². The Morgan fingerprint density at radius 2 is 1.91 bits per heavy atom. The Hall–Kier alpha value is -0.0800. The average molecular weight is 160 g/mol. The van der Waals surface area contributed by atoms with Gasteiger partial charge >= 0.3 is 0 Å². The quantitative estimate of drug-likeness (QED) is 0.531. The Kier molecular flexibility index (Phi) is 7.96. The molecule has 11 heavy (non-hydrogen) atoms. The highest BCUT2D eigenvalue weighted by atomic mass is 16.5. The fourth-order valence-electron chi connectivity index (χ4n) is 1.16. The third-order valence-electron chi connectivity index (χ3n) is 1.94. The maximum absolute atomic E-state index is 5.08. The van der Waals surface area contributed by atoms with Crippen molar-refractivity contribution < 1.29 is 9.47 Å². The summed E-state index contributed by atoms with van der Waals surface area (Å²) in [4.78, 5) is 0. The van der Waals surface area contributed by atoms with Crippen molar-refractivity contribution in [2.75, 3.05) is 27.4 Å². The second kappa shape index (κ2) is 8.02. The molecule has 0 aliphatic rings. The van der Waals surface area contributed by atoms with E-state index in [2.05, 4.69) is 6.92 Å². The van der Waals surface area contributed by atoms with Gasteiger partial charge in [0.05, 0.1) is 0 Å². The van der Waals surface area contributed by atoms with Gasteiger partial charge in [-0.15, -0.1) is 0 Å². The van der Waals surface area contributed by atoms with Gasteiger partial charge < -0.3 is 9.47 Å². The van der Waals surface area contributed by atoms with E-state index in [1.807, 2.05) is 0 Å². The van der Waals surface area contributed by atoms with Crippen molar-refractivity contribution in [3.05, 3.63) is 0 Å². The first-order valence-electron chi connectivity index (χ1n) is 4.33. The van der Waals surface area contributed by atoms with Gasteiger partial charge in [0.15, 0.2) is 0 Å². The summed E-state index contributed by atoms with van der Waals surface area (Å²) in [5.74, 6) is 0.718. The largest absolute Gasteiger partial charge is 0.385 e. The maximum atomic E-state index is 5.08. The van der Waals surface area contributed by atoms with E-state index < -0.39 is 0 Å². The van der Waals surface area contributed by atoms with Crippen molar-refractivity contribution in [3.63, 3.8) is 0 Å². The molecule has 68 valence electrons. The molecule has 0 fully saturated rings. The molecule has 1 unspecified atom stereocenters. The first-order chi connectivity index (χ1) is 5.35. The van der Waals surface area contributed by atoms with Crippen LogP contribution in [0.15, 0.2) is 0 Å². The Morgan fingerprint density at radius 3 is 2.36 bits per heavy atom. The van der Waals surface area contributed by atoms with Gasteiger partial charge in [-0.3, -0.25) is 0 Å². The van der Waals surface area contributed by atoms with E-state index in [9.17, 15) is 0 Å². The Bertz CT molecular complexity index is 74.0. The SMILES string of the molecule is CCC(CCCOC)COC. The normalized spacial score (nSPS) is 13.4. The molecule has 0 aromatic heterocycles. The number of methoxy groups -OCH3 is 2. The summed E-state index contributed by atoms with van der Waals surface area (Å²) in [5, 5.41) is 0. The van der Waals surface area contributed by atoms with Gasteiger partial charge in [0, 0.05) is 27.4 Å². The molecule has 0 radical (unpaired) electrons. The van der Waals surface area contributed by atoms with E-state index in [0.29, 0.717) is 0 Å². The molecule has 0 aromatic rings. The van der Waals surface area contributed by atoms with Crippen molar-refractivity contribution in [2.45, 2.75) is 26.2 Å². The number of hydrogen-bond acceptors (Lipinski definition) is 2. The molecule has 0 N–H and O–H groups in total. The van der Waals surface area contributed by atoms with Gasteiger partial charge in [-0.05, 0) is 18.8 Å². The summed E-state index contributed by atoms with van der Waals surface area (Å²) >= 11 is 0. The highest BCUT2D eigenvalue weighted by Crippen LogP contribution is 2.10. The molecule has 0 bridgehead atoms. The first-order valence-corrected chi connectivity index (χ1v) is 4.33. The predicted octanol–water partition coefficient (Wildman–Crippen LogP) is 2.09. The topological polar surface area (TPSA) is 18.5 Å². The van der Waals surface area contributed by atoms with Crippen LogP contribution < -0.4 is 0 Å². The number of rotatable bonds is 7. The second-order valence-electron chi connectivity index (χ2n) is 2.86. The number of ether oxygens (including phenoxy) is 2. The van der Waals surface area contributed by atoms with Crippen molar-refractivity contribution >= 4 is 0 Å². The zero-order valence-electron chi connectivity index (χ0n) is 7.93.